The van der Waals surface area contributed by atoms with Crippen molar-refractivity contribution in [1.29, 1.82) is 0 Å². The van der Waals surface area contributed by atoms with Gasteiger partial charge in [-0.25, -0.2) is 5.43 Å². The van der Waals surface area contributed by atoms with Crippen molar-refractivity contribution in [3.63, 3.8) is 0 Å². The first-order chi connectivity index (χ1) is 19.5. The molecule has 1 heterocycles. The van der Waals surface area contributed by atoms with E-state index < -0.39 is 11.8 Å². The second kappa shape index (κ2) is 13.2. The number of nitrogens with one attached hydrogen (secondary N) is 2. The van der Waals surface area contributed by atoms with Crippen molar-refractivity contribution >= 4 is 22.8 Å². The topological polar surface area (TPSA) is 121 Å². The Kier molecular flexibility index (Phi) is 9.24. The lowest BCUT2D eigenvalue weighted by Crippen LogP contribution is -2.32. The number of amides is 2. The van der Waals surface area contributed by atoms with Crippen molar-refractivity contribution in [2.75, 3.05) is 34.5 Å². The lowest BCUT2D eigenvalue weighted by atomic mass is 10.1. The van der Waals surface area contributed by atoms with Crippen molar-refractivity contribution < 1.29 is 33.0 Å². The summed E-state index contributed by atoms with van der Waals surface area (Å²) in [5.41, 5.74) is 4.25. The van der Waals surface area contributed by atoms with E-state index in [0.29, 0.717) is 59.1 Å². The highest BCUT2D eigenvalue weighted by Crippen LogP contribution is 2.28. The van der Waals surface area contributed by atoms with Crippen molar-refractivity contribution in [3.8, 4) is 23.0 Å². The molecule has 0 aliphatic carbocycles. The molecule has 0 bridgehead atoms. The van der Waals surface area contributed by atoms with Gasteiger partial charge in [0.1, 0.15) is 11.3 Å². The van der Waals surface area contributed by atoms with Crippen molar-refractivity contribution in [3.05, 3.63) is 89.0 Å². The Bertz CT molecular complexity index is 1580. The summed E-state index contributed by atoms with van der Waals surface area (Å²) >= 11 is 0. The van der Waals surface area contributed by atoms with Gasteiger partial charge in [0.2, 0.25) is 5.55 Å². The molecule has 1 aromatic heterocycles. The zero-order chi connectivity index (χ0) is 28.5. The number of ether oxygens (including phenoxy) is 4. The second-order valence-electron chi connectivity index (χ2n) is 8.55. The molecule has 208 valence electrons. The van der Waals surface area contributed by atoms with Gasteiger partial charge in [-0.15, -0.1) is 5.10 Å². The molecule has 0 unspecified atom stereocenters. The highest BCUT2D eigenvalue weighted by atomic mass is 16.5. The number of nitrogens with zero attached hydrogens (tertiary/aromatic N) is 1. The SMILES string of the molecule is CCOc1cccc2cc(C(=O)NCCc3ccc(OC)c(OC)c3)/c(=N/NC(=O)c3cccc(OC)c3)oc12. The maximum Gasteiger partial charge on any atom is 0.271 e. The molecule has 4 aromatic rings. The van der Waals surface area contributed by atoms with Crippen LogP contribution in [0.4, 0.5) is 0 Å². The Morgan fingerprint density at radius 1 is 0.850 bits per heavy atom. The lowest BCUT2D eigenvalue weighted by molar-refractivity contribution is 0.0934. The maximum absolute atomic E-state index is 13.3. The molecule has 40 heavy (non-hydrogen) atoms. The predicted octanol–water partition coefficient (Wildman–Crippen LogP) is 4.08. The molecule has 0 spiro atoms. The molecule has 0 saturated heterocycles. The fraction of sp³-hybridized carbons (Fsp3) is 0.233. The fourth-order valence-electron chi connectivity index (χ4n) is 4.02. The third kappa shape index (κ3) is 6.52. The van der Waals surface area contributed by atoms with E-state index in [4.69, 9.17) is 23.4 Å². The molecule has 3 aromatic carbocycles. The van der Waals surface area contributed by atoms with Crippen LogP contribution >= 0.6 is 0 Å². The van der Waals surface area contributed by atoms with Gasteiger partial charge in [0.15, 0.2) is 22.8 Å². The van der Waals surface area contributed by atoms with Gasteiger partial charge in [0.25, 0.3) is 11.8 Å². The van der Waals surface area contributed by atoms with Crippen LogP contribution in [0.3, 0.4) is 0 Å². The smallest absolute Gasteiger partial charge is 0.271 e. The molecular weight excluding hydrogens is 514 g/mol. The minimum atomic E-state index is -0.493. The molecule has 10 nitrogen and oxygen atoms in total. The zero-order valence-electron chi connectivity index (χ0n) is 22.8. The van der Waals surface area contributed by atoms with Gasteiger partial charge in [-0.1, -0.05) is 24.3 Å². The Hall–Kier alpha value is -4.99. The molecule has 4 rings (SSSR count). The number of carbonyl (C=O) groups is 2. The van der Waals surface area contributed by atoms with E-state index in [1.165, 1.54) is 7.11 Å². The summed E-state index contributed by atoms with van der Waals surface area (Å²) in [5.74, 6) is 1.35. The minimum Gasteiger partial charge on any atom is -0.497 e. The number of hydrogen-bond acceptors (Lipinski definition) is 8. The number of fused-ring (bicyclic) bond motifs is 1. The van der Waals surface area contributed by atoms with Gasteiger partial charge in [-0.05, 0) is 61.4 Å². The van der Waals surface area contributed by atoms with E-state index in [-0.39, 0.29) is 11.1 Å². The van der Waals surface area contributed by atoms with Gasteiger partial charge in [-0.3, -0.25) is 9.59 Å². The molecule has 0 aliphatic rings. The van der Waals surface area contributed by atoms with Crippen LogP contribution < -0.4 is 35.2 Å². The van der Waals surface area contributed by atoms with Gasteiger partial charge in [-0.2, -0.15) is 0 Å². The normalized spacial score (nSPS) is 11.2. The van der Waals surface area contributed by atoms with Crippen LogP contribution in [-0.4, -0.2) is 46.3 Å². The largest absolute Gasteiger partial charge is 0.497 e. The summed E-state index contributed by atoms with van der Waals surface area (Å²) in [6, 6.07) is 19.2. The lowest BCUT2D eigenvalue weighted by Gasteiger charge is -2.11. The van der Waals surface area contributed by atoms with Gasteiger partial charge in [0.05, 0.1) is 27.9 Å². The van der Waals surface area contributed by atoms with Crippen LogP contribution in [0.25, 0.3) is 11.0 Å². The quantitative estimate of drug-likeness (QED) is 0.273. The van der Waals surface area contributed by atoms with Crippen molar-refractivity contribution in [2.24, 2.45) is 5.10 Å². The first kappa shape index (κ1) is 28.0. The van der Waals surface area contributed by atoms with E-state index in [2.05, 4.69) is 15.8 Å². The Labute approximate surface area is 231 Å². The number of carbonyl (C=O) groups excluding carboxylic acids is 2. The standard InChI is InChI=1S/C30H31N3O7/c1-5-39-25-11-7-8-20-18-23(29(35)31-15-14-19-12-13-24(37-3)26(16-19)38-4)30(40-27(20)25)33-32-28(34)21-9-6-10-22(17-21)36-2/h6-13,16-18H,5,14-15H2,1-4H3,(H,31,35)(H,32,34)/b33-30-. The summed E-state index contributed by atoms with van der Waals surface area (Å²) < 4.78 is 27.5. The fourth-order valence-corrected chi connectivity index (χ4v) is 4.02. The summed E-state index contributed by atoms with van der Waals surface area (Å²) in [6.07, 6.45) is 0.546. The van der Waals surface area contributed by atoms with Crippen LogP contribution in [0, 0.1) is 0 Å². The van der Waals surface area contributed by atoms with Gasteiger partial charge >= 0.3 is 0 Å². The highest BCUT2D eigenvalue weighted by molar-refractivity contribution is 5.97. The first-order valence-electron chi connectivity index (χ1n) is 12.6. The molecule has 0 radical (unpaired) electrons. The first-order valence-corrected chi connectivity index (χ1v) is 12.6. The summed E-state index contributed by atoms with van der Waals surface area (Å²) in [7, 11) is 4.66. The van der Waals surface area contributed by atoms with E-state index in [1.807, 2.05) is 31.2 Å². The molecule has 2 N–H and O–H groups in total. The number of methoxy groups -OCH3 is 3. The molecule has 0 fully saturated rings. The Morgan fingerprint density at radius 2 is 1.65 bits per heavy atom. The van der Waals surface area contributed by atoms with Crippen LogP contribution in [0.5, 0.6) is 23.0 Å². The number of para-hydroxylation sites is 1. The van der Waals surface area contributed by atoms with Crippen molar-refractivity contribution in [1.82, 2.24) is 10.7 Å². The third-order valence-electron chi connectivity index (χ3n) is 6.02. The molecule has 10 heteroatoms. The van der Waals surface area contributed by atoms with Crippen LogP contribution in [-0.2, 0) is 6.42 Å². The number of rotatable bonds is 11. The monoisotopic (exact) mass is 545 g/mol. The number of benzene rings is 3. The minimum absolute atomic E-state index is 0.0699. The Morgan fingerprint density at radius 3 is 2.40 bits per heavy atom. The third-order valence-corrected chi connectivity index (χ3v) is 6.02. The van der Waals surface area contributed by atoms with E-state index in [0.717, 1.165) is 5.56 Å². The molecule has 0 aliphatic heterocycles. The Balaban J connectivity index is 1.61. The zero-order valence-corrected chi connectivity index (χ0v) is 22.8. The van der Waals surface area contributed by atoms with Gasteiger partial charge in [0, 0.05) is 17.5 Å². The predicted molar refractivity (Wildman–Crippen MR) is 149 cm³/mol. The molecule has 0 saturated carbocycles. The van der Waals surface area contributed by atoms with Crippen molar-refractivity contribution in [2.45, 2.75) is 13.3 Å². The van der Waals surface area contributed by atoms with Gasteiger partial charge < -0.3 is 28.7 Å². The molecule has 2 amide bonds. The van der Waals surface area contributed by atoms with E-state index in [9.17, 15) is 9.59 Å². The maximum atomic E-state index is 13.3. The van der Waals surface area contributed by atoms with E-state index >= 15 is 0 Å². The summed E-state index contributed by atoms with van der Waals surface area (Å²) in [5, 5.41) is 7.71. The molecule has 0 atom stereocenters. The summed E-state index contributed by atoms with van der Waals surface area (Å²) in [6.45, 7) is 2.62. The van der Waals surface area contributed by atoms with Crippen LogP contribution in [0.2, 0.25) is 0 Å². The average molecular weight is 546 g/mol. The average Bonchev–Trinajstić information content (AvgIpc) is 2.99. The highest BCUT2D eigenvalue weighted by Gasteiger charge is 2.16. The van der Waals surface area contributed by atoms with Crippen LogP contribution in [0.1, 0.15) is 33.2 Å². The van der Waals surface area contributed by atoms with E-state index in [1.54, 1.807) is 56.7 Å². The van der Waals surface area contributed by atoms with Crippen LogP contribution in [0.15, 0.2) is 76.2 Å². The molecular formula is C30H31N3O7. The summed E-state index contributed by atoms with van der Waals surface area (Å²) in [4.78, 5) is 26.1. The number of hydrogen-bond donors (Lipinski definition) is 2. The second-order valence-corrected chi connectivity index (χ2v) is 8.55.